The van der Waals surface area contributed by atoms with Gasteiger partial charge in [-0.25, -0.2) is 14.8 Å². The van der Waals surface area contributed by atoms with Crippen LogP contribution in [0.5, 0.6) is 5.75 Å². The summed E-state index contributed by atoms with van der Waals surface area (Å²) in [5, 5.41) is 24.0. The van der Waals surface area contributed by atoms with Crippen LogP contribution < -0.4 is 10.2 Å². The first-order chi connectivity index (χ1) is 13.0. The first kappa shape index (κ1) is 17.2. The SMILES string of the molecule is Cc1ccc2c(N(C(=O)O)C3CCNC3)nc(-c3ccccc3O)nc2c1. The normalized spacial score (nSPS) is 16.6. The molecular weight excluding hydrogens is 344 g/mol. The van der Waals surface area contributed by atoms with Crippen molar-refractivity contribution < 1.29 is 15.0 Å². The number of fused-ring (bicyclic) bond motifs is 1. The minimum atomic E-state index is -1.05. The minimum absolute atomic E-state index is 0.0554. The lowest BCUT2D eigenvalue weighted by Crippen LogP contribution is -2.41. The Morgan fingerprint density at radius 1 is 1.22 bits per heavy atom. The van der Waals surface area contributed by atoms with Crippen molar-refractivity contribution >= 4 is 22.8 Å². The number of rotatable bonds is 3. The Bertz CT molecular complexity index is 1020. The summed E-state index contributed by atoms with van der Waals surface area (Å²) in [5.41, 5.74) is 2.13. The molecule has 3 aromatic rings. The van der Waals surface area contributed by atoms with Gasteiger partial charge < -0.3 is 15.5 Å². The van der Waals surface area contributed by atoms with Gasteiger partial charge in [0, 0.05) is 11.9 Å². The van der Waals surface area contributed by atoms with Crippen molar-refractivity contribution in [3.63, 3.8) is 0 Å². The van der Waals surface area contributed by atoms with Gasteiger partial charge in [-0.3, -0.25) is 4.90 Å². The first-order valence-electron chi connectivity index (χ1n) is 8.84. The molecule has 0 aliphatic carbocycles. The molecule has 1 fully saturated rings. The fourth-order valence-electron chi connectivity index (χ4n) is 3.47. The third-order valence-corrected chi connectivity index (χ3v) is 4.81. The van der Waals surface area contributed by atoms with E-state index in [9.17, 15) is 15.0 Å². The summed E-state index contributed by atoms with van der Waals surface area (Å²) in [5.74, 6) is 0.706. The minimum Gasteiger partial charge on any atom is -0.507 e. The van der Waals surface area contributed by atoms with Crippen molar-refractivity contribution in [2.45, 2.75) is 19.4 Å². The zero-order valence-corrected chi connectivity index (χ0v) is 14.9. The molecule has 7 nitrogen and oxygen atoms in total. The molecule has 1 saturated heterocycles. The van der Waals surface area contributed by atoms with E-state index in [1.54, 1.807) is 24.3 Å². The third kappa shape index (κ3) is 3.17. The third-order valence-electron chi connectivity index (χ3n) is 4.81. The van der Waals surface area contributed by atoms with E-state index in [-0.39, 0.29) is 11.8 Å². The summed E-state index contributed by atoms with van der Waals surface area (Å²) < 4.78 is 0. The molecule has 1 amide bonds. The topological polar surface area (TPSA) is 98.6 Å². The number of amides is 1. The van der Waals surface area contributed by atoms with Crippen LogP contribution in [-0.2, 0) is 0 Å². The number of aromatic nitrogens is 2. The number of carbonyl (C=O) groups is 1. The van der Waals surface area contributed by atoms with Gasteiger partial charge in [0.25, 0.3) is 0 Å². The van der Waals surface area contributed by atoms with Crippen LogP contribution in [0.2, 0.25) is 0 Å². The van der Waals surface area contributed by atoms with Crippen molar-refractivity contribution in [1.82, 2.24) is 15.3 Å². The number of nitrogens with one attached hydrogen (secondary N) is 1. The van der Waals surface area contributed by atoms with Gasteiger partial charge in [-0.05, 0) is 49.7 Å². The zero-order chi connectivity index (χ0) is 19.0. The summed E-state index contributed by atoms with van der Waals surface area (Å²) in [6.07, 6.45) is -0.331. The highest BCUT2D eigenvalue weighted by molar-refractivity contribution is 5.99. The number of phenols is 1. The van der Waals surface area contributed by atoms with E-state index in [0.29, 0.717) is 34.7 Å². The highest BCUT2D eigenvalue weighted by Gasteiger charge is 2.31. The van der Waals surface area contributed by atoms with Crippen LogP contribution in [0.1, 0.15) is 12.0 Å². The number of para-hydroxylation sites is 1. The fourth-order valence-corrected chi connectivity index (χ4v) is 3.47. The molecule has 138 valence electrons. The van der Waals surface area contributed by atoms with Gasteiger partial charge in [-0.1, -0.05) is 18.2 Å². The number of nitrogens with zero attached hydrogens (tertiary/aromatic N) is 3. The standard InChI is InChI=1S/C20H20N4O3/c1-12-6-7-14-16(10-12)22-18(15-4-2-3-5-17(15)25)23-19(14)24(20(26)27)13-8-9-21-11-13/h2-7,10,13,21,25H,8-9,11H2,1H3,(H,26,27). The maximum Gasteiger partial charge on any atom is 0.413 e. The molecule has 0 radical (unpaired) electrons. The Morgan fingerprint density at radius 3 is 2.74 bits per heavy atom. The number of hydrogen-bond donors (Lipinski definition) is 3. The second-order valence-electron chi connectivity index (χ2n) is 6.71. The molecule has 7 heteroatoms. The molecule has 1 aliphatic heterocycles. The molecule has 0 spiro atoms. The van der Waals surface area contributed by atoms with Crippen LogP contribution in [0, 0.1) is 6.92 Å². The summed E-state index contributed by atoms with van der Waals surface area (Å²) in [6, 6.07) is 12.3. The summed E-state index contributed by atoms with van der Waals surface area (Å²) in [4.78, 5) is 22.6. The van der Waals surface area contributed by atoms with Gasteiger partial charge in [0.1, 0.15) is 11.6 Å². The lowest BCUT2D eigenvalue weighted by molar-refractivity contribution is 0.199. The predicted molar refractivity (Wildman–Crippen MR) is 103 cm³/mol. The highest BCUT2D eigenvalue weighted by Crippen LogP contribution is 2.33. The number of phenolic OH excluding ortho intramolecular Hbond substituents is 1. The van der Waals surface area contributed by atoms with Crippen LogP contribution >= 0.6 is 0 Å². The Labute approximate surface area is 156 Å². The number of carboxylic acid groups (broad SMARTS) is 1. The van der Waals surface area contributed by atoms with E-state index in [1.165, 1.54) is 4.90 Å². The van der Waals surface area contributed by atoms with Crippen molar-refractivity contribution in [1.29, 1.82) is 0 Å². The predicted octanol–water partition coefficient (Wildman–Crippen LogP) is 3.16. The average Bonchev–Trinajstić information content (AvgIpc) is 3.15. The zero-order valence-electron chi connectivity index (χ0n) is 14.9. The number of aromatic hydroxyl groups is 1. The Kier molecular flexibility index (Phi) is 4.37. The van der Waals surface area contributed by atoms with E-state index in [2.05, 4.69) is 15.3 Å². The van der Waals surface area contributed by atoms with E-state index in [4.69, 9.17) is 0 Å². The maximum absolute atomic E-state index is 12.1. The Balaban J connectivity index is 1.97. The molecule has 0 bridgehead atoms. The molecule has 2 heterocycles. The Morgan fingerprint density at radius 2 is 2.04 bits per heavy atom. The molecule has 0 saturated carbocycles. The number of anilines is 1. The molecule has 4 rings (SSSR count). The molecule has 1 unspecified atom stereocenters. The maximum atomic E-state index is 12.1. The smallest absolute Gasteiger partial charge is 0.413 e. The summed E-state index contributed by atoms with van der Waals surface area (Å²) >= 11 is 0. The second kappa shape index (κ2) is 6.85. The van der Waals surface area contributed by atoms with E-state index < -0.39 is 6.09 Å². The lowest BCUT2D eigenvalue weighted by Gasteiger charge is -2.26. The van der Waals surface area contributed by atoms with Crippen LogP contribution in [0.3, 0.4) is 0 Å². The van der Waals surface area contributed by atoms with Gasteiger partial charge in [-0.15, -0.1) is 0 Å². The van der Waals surface area contributed by atoms with Gasteiger partial charge in [0.05, 0.1) is 17.1 Å². The van der Waals surface area contributed by atoms with E-state index in [1.807, 2.05) is 25.1 Å². The monoisotopic (exact) mass is 364 g/mol. The van der Waals surface area contributed by atoms with E-state index >= 15 is 0 Å². The molecule has 27 heavy (non-hydrogen) atoms. The van der Waals surface area contributed by atoms with Gasteiger partial charge in [0.2, 0.25) is 0 Å². The first-order valence-corrected chi connectivity index (χ1v) is 8.84. The number of aryl methyl sites for hydroxylation is 1. The molecule has 1 aliphatic rings. The molecule has 3 N–H and O–H groups in total. The van der Waals surface area contributed by atoms with Crippen LogP contribution in [0.25, 0.3) is 22.3 Å². The Hall–Kier alpha value is -3.19. The van der Waals surface area contributed by atoms with Gasteiger partial charge in [0.15, 0.2) is 5.82 Å². The van der Waals surface area contributed by atoms with Crippen LogP contribution in [-0.4, -0.2) is 45.4 Å². The molecular formula is C20H20N4O3. The van der Waals surface area contributed by atoms with Crippen molar-refractivity contribution in [3.05, 3.63) is 48.0 Å². The quantitative estimate of drug-likeness (QED) is 0.660. The number of benzene rings is 2. The lowest BCUT2D eigenvalue weighted by atomic mass is 10.1. The average molecular weight is 364 g/mol. The van der Waals surface area contributed by atoms with E-state index in [0.717, 1.165) is 18.5 Å². The second-order valence-corrected chi connectivity index (χ2v) is 6.71. The number of hydrogen-bond acceptors (Lipinski definition) is 5. The molecule has 2 aromatic carbocycles. The molecule has 1 atom stereocenters. The van der Waals surface area contributed by atoms with Crippen molar-refractivity contribution in [2.24, 2.45) is 0 Å². The fraction of sp³-hybridized carbons (Fsp3) is 0.250. The van der Waals surface area contributed by atoms with Gasteiger partial charge >= 0.3 is 6.09 Å². The highest BCUT2D eigenvalue weighted by atomic mass is 16.4. The largest absolute Gasteiger partial charge is 0.507 e. The van der Waals surface area contributed by atoms with Gasteiger partial charge in [-0.2, -0.15) is 0 Å². The van der Waals surface area contributed by atoms with Crippen LogP contribution in [0.4, 0.5) is 10.6 Å². The summed E-state index contributed by atoms with van der Waals surface area (Å²) in [7, 11) is 0. The van der Waals surface area contributed by atoms with Crippen molar-refractivity contribution in [2.75, 3.05) is 18.0 Å². The van der Waals surface area contributed by atoms with Crippen LogP contribution in [0.15, 0.2) is 42.5 Å². The molecule has 1 aromatic heterocycles. The summed E-state index contributed by atoms with van der Waals surface area (Å²) in [6.45, 7) is 3.30. The van der Waals surface area contributed by atoms with Crippen molar-refractivity contribution in [3.8, 4) is 17.1 Å².